The maximum absolute atomic E-state index is 11.7. The van der Waals surface area contributed by atoms with Crippen molar-refractivity contribution in [2.75, 3.05) is 6.61 Å². The van der Waals surface area contributed by atoms with Gasteiger partial charge in [-0.15, -0.1) is 13.2 Å². The van der Waals surface area contributed by atoms with Crippen LogP contribution in [0.4, 0.5) is 18.0 Å². The first-order valence-corrected chi connectivity index (χ1v) is 5.34. The van der Waals surface area contributed by atoms with E-state index >= 15 is 0 Å². The van der Waals surface area contributed by atoms with Crippen molar-refractivity contribution in [2.45, 2.75) is 45.2 Å². The van der Waals surface area contributed by atoms with E-state index in [2.05, 4.69) is 4.74 Å². The third-order valence-electron chi connectivity index (χ3n) is 1.66. The predicted molar refractivity (Wildman–Crippen MR) is 57.4 cm³/mol. The van der Waals surface area contributed by atoms with E-state index in [1.807, 2.05) is 5.32 Å². The molecule has 0 unspecified atom stereocenters. The molecular formula is C10H16F3NO5. The Hall–Kier alpha value is -1.51. The number of hydrogen-bond acceptors (Lipinski definition) is 4. The van der Waals surface area contributed by atoms with Crippen LogP contribution in [0, 0.1) is 0 Å². The molecule has 9 heteroatoms. The van der Waals surface area contributed by atoms with E-state index in [0.717, 1.165) is 0 Å². The Bertz CT molecular complexity index is 324. The number of rotatable bonds is 5. The van der Waals surface area contributed by atoms with Crippen molar-refractivity contribution in [3.8, 4) is 0 Å². The van der Waals surface area contributed by atoms with E-state index in [1.165, 1.54) is 0 Å². The molecule has 0 heterocycles. The Morgan fingerprint density at radius 1 is 1.26 bits per heavy atom. The number of carboxylic acid groups (broad SMARTS) is 1. The first kappa shape index (κ1) is 17.5. The summed E-state index contributed by atoms with van der Waals surface area (Å²) in [6, 6.07) is -1.52. The Kier molecular flexibility index (Phi) is 6.07. The van der Waals surface area contributed by atoms with Gasteiger partial charge in [0.1, 0.15) is 11.6 Å². The van der Waals surface area contributed by atoms with Crippen molar-refractivity contribution in [3.63, 3.8) is 0 Å². The minimum Gasteiger partial charge on any atom is -0.480 e. The largest absolute Gasteiger partial charge is 0.522 e. The second-order valence-electron chi connectivity index (χ2n) is 4.62. The normalized spacial score (nSPS) is 13.8. The molecule has 0 aromatic carbocycles. The maximum Gasteiger partial charge on any atom is 0.522 e. The first-order valence-electron chi connectivity index (χ1n) is 5.34. The van der Waals surface area contributed by atoms with Crippen molar-refractivity contribution in [1.29, 1.82) is 0 Å². The fraction of sp³-hybridized carbons (Fsp3) is 0.800. The van der Waals surface area contributed by atoms with Gasteiger partial charge in [-0.2, -0.15) is 0 Å². The van der Waals surface area contributed by atoms with Gasteiger partial charge in [0.15, 0.2) is 0 Å². The maximum atomic E-state index is 11.7. The zero-order chi connectivity index (χ0) is 15.3. The zero-order valence-corrected chi connectivity index (χ0v) is 10.7. The third kappa shape index (κ3) is 10.1. The molecule has 0 fully saturated rings. The Labute approximate surface area is 107 Å². The van der Waals surface area contributed by atoms with Gasteiger partial charge in [0.25, 0.3) is 0 Å². The number of nitrogens with one attached hydrogen (secondary N) is 1. The number of carbonyl (C=O) groups is 2. The Morgan fingerprint density at radius 2 is 1.79 bits per heavy atom. The fourth-order valence-corrected chi connectivity index (χ4v) is 1.000. The van der Waals surface area contributed by atoms with E-state index < -0.39 is 43.1 Å². The molecule has 0 aliphatic rings. The molecule has 1 atom stereocenters. The molecule has 0 bridgehead atoms. The second-order valence-corrected chi connectivity index (χ2v) is 4.62. The van der Waals surface area contributed by atoms with Gasteiger partial charge in [0.2, 0.25) is 0 Å². The number of carboxylic acids is 1. The van der Waals surface area contributed by atoms with Crippen LogP contribution in [0.25, 0.3) is 0 Å². The number of aliphatic carboxylic acids is 1. The van der Waals surface area contributed by atoms with Crippen LogP contribution in [0.3, 0.4) is 0 Å². The van der Waals surface area contributed by atoms with E-state index in [4.69, 9.17) is 9.84 Å². The summed E-state index contributed by atoms with van der Waals surface area (Å²) >= 11 is 0. The van der Waals surface area contributed by atoms with E-state index in [0.29, 0.717) is 0 Å². The molecule has 0 saturated carbocycles. The topological polar surface area (TPSA) is 84.9 Å². The number of alkyl halides is 3. The molecule has 0 aliphatic carbocycles. The van der Waals surface area contributed by atoms with Crippen LogP contribution in [-0.2, 0) is 14.3 Å². The molecular weight excluding hydrogens is 271 g/mol. The molecule has 0 radical (unpaired) electrons. The smallest absolute Gasteiger partial charge is 0.480 e. The number of ether oxygens (including phenoxy) is 2. The number of carbonyl (C=O) groups excluding carboxylic acids is 1. The summed E-state index contributed by atoms with van der Waals surface area (Å²) < 4.78 is 43.4. The Balaban J connectivity index is 4.28. The van der Waals surface area contributed by atoms with Gasteiger partial charge in [0, 0.05) is 6.42 Å². The van der Waals surface area contributed by atoms with Gasteiger partial charge < -0.3 is 15.2 Å². The number of halogens is 3. The summed E-state index contributed by atoms with van der Waals surface area (Å²) in [4.78, 5) is 22.0. The molecule has 19 heavy (non-hydrogen) atoms. The lowest BCUT2D eigenvalue weighted by molar-refractivity contribution is -0.324. The first-order chi connectivity index (χ1) is 8.41. The van der Waals surface area contributed by atoms with Crippen LogP contribution < -0.4 is 5.32 Å². The molecule has 6 nitrogen and oxygen atoms in total. The zero-order valence-electron chi connectivity index (χ0n) is 10.7. The highest BCUT2D eigenvalue weighted by atomic mass is 19.4. The average Bonchev–Trinajstić information content (AvgIpc) is 2.10. The number of alkyl carbamates (subject to hydrolysis) is 1. The standard InChI is InChI=1S/C10H16F3NO5/c1-9(2,3)19-8(17)14-6(7(15)16)4-5-18-10(11,12)13/h6H,4-5H2,1-3H3,(H,14,17)(H,15,16)/t6-/m1/s1. The van der Waals surface area contributed by atoms with Gasteiger partial charge in [-0.3, -0.25) is 4.74 Å². The summed E-state index contributed by atoms with van der Waals surface area (Å²) in [7, 11) is 0. The minimum absolute atomic E-state index is 0.534. The molecule has 0 spiro atoms. The molecule has 1 amide bonds. The monoisotopic (exact) mass is 287 g/mol. The van der Waals surface area contributed by atoms with E-state index in [1.54, 1.807) is 20.8 Å². The molecule has 0 aliphatic heterocycles. The molecule has 0 rings (SSSR count). The highest BCUT2D eigenvalue weighted by molar-refractivity contribution is 5.79. The van der Waals surface area contributed by atoms with Crippen LogP contribution in [0.2, 0.25) is 0 Å². The van der Waals surface area contributed by atoms with Gasteiger partial charge >= 0.3 is 18.4 Å². The van der Waals surface area contributed by atoms with Crippen LogP contribution >= 0.6 is 0 Å². The van der Waals surface area contributed by atoms with Gasteiger partial charge in [0.05, 0.1) is 6.61 Å². The molecule has 2 N–H and O–H groups in total. The molecule has 0 aromatic heterocycles. The lowest BCUT2D eigenvalue weighted by Crippen LogP contribution is -2.44. The van der Waals surface area contributed by atoms with Crippen LogP contribution in [-0.4, -0.2) is 41.8 Å². The van der Waals surface area contributed by atoms with Crippen LogP contribution in [0.1, 0.15) is 27.2 Å². The average molecular weight is 287 g/mol. The Morgan fingerprint density at radius 3 is 2.16 bits per heavy atom. The summed E-state index contributed by atoms with van der Waals surface area (Å²) in [5.41, 5.74) is -0.838. The second kappa shape index (κ2) is 6.60. The van der Waals surface area contributed by atoms with Crippen LogP contribution in [0.5, 0.6) is 0 Å². The van der Waals surface area contributed by atoms with Crippen molar-refractivity contribution < 1.29 is 37.3 Å². The lowest BCUT2D eigenvalue weighted by Gasteiger charge is -2.22. The number of hydrogen-bond donors (Lipinski definition) is 2. The lowest BCUT2D eigenvalue weighted by atomic mass is 10.2. The minimum atomic E-state index is -4.84. The summed E-state index contributed by atoms with van der Waals surface area (Å²) in [5.74, 6) is -1.48. The highest BCUT2D eigenvalue weighted by Gasteiger charge is 2.30. The van der Waals surface area contributed by atoms with Crippen molar-refractivity contribution >= 4 is 12.1 Å². The molecule has 0 saturated heterocycles. The van der Waals surface area contributed by atoms with Gasteiger partial charge in [-0.25, -0.2) is 9.59 Å². The van der Waals surface area contributed by atoms with Gasteiger partial charge in [-0.05, 0) is 20.8 Å². The highest BCUT2D eigenvalue weighted by Crippen LogP contribution is 2.16. The summed E-state index contributed by atoms with van der Waals surface area (Å²) in [6.07, 6.45) is -6.39. The van der Waals surface area contributed by atoms with E-state index in [-0.39, 0.29) is 0 Å². The predicted octanol–water partition coefficient (Wildman–Crippen LogP) is 1.89. The third-order valence-corrected chi connectivity index (χ3v) is 1.66. The van der Waals surface area contributed by atoms with Crippen molar-refractivity contribution in [2.24, 2.45) is 0 Å². The molecule has 0 aromatic rings. The van der Waals surface area contributed by atoms with Gasteiger partial charge in [-0.1, -0.05) is 0 Å². The fourth-order valence-electron chi connectivity index (χ4n) is 1.000. The quantitative estimate of drug-likeness (QED) is 0.806. The van der Waals surface area contributed by atoms with E-state index in [9.17, 15) is 22.8 Å². The molecule has 112 valence electrons. The van der Waals surface area contributed by atoms with Crippen molar-refractivity contribution in [1.82, 2.24) is 5.32 Å². The SMILES string of the molecule is CC(C)(C)OC(=O)N[C@H](CCOC(F)(F)F)C(=O)O. The number of amides is 1. The van der Waals surface area contributed by atoms with Crippen molar-refractivity contribution in [3.05, 3.63) is 0 Å². The summed E-state index contributed by atoms with van der Waals surface area (Å²) in [5, 5.41) is 10.7. The summed E-state index contributed by atoms with van der Waals surface area (Å²) in [6.45, 7) is 3.82. The van der Waals surface area contributed by atoms with Crippen LogP contribution in [0.15, 0.2) is 0 Å².